The highest BCUT2D eigenvalue weighted by Crippen LogP contribution is 2.44. The third kappa shape index (κ3) is 3.31. The van der Waals surface area contributed by atoms with Gasteiger partial charge in [-0.25, -0.2) is 4.39 Å². The molecule has 5 rings (SSSR count). The Bertz CT molecular complexity index is 1110. The highest BCUT2D eigenvalue weighted by Gasteiger charge is 2.36. The molecule has 0 fully saturated rings. The number of Topliss-reactive ketones (excluding diaryl/α,β-unsaturated/α-hetero) is 1. The molecule has 1 aliphatic carbocycles. The van der Waals surface area contributed by atoms with Gasteiger partial charge in [0, 0.05) is 17.7 Å². The van der Waals surface area contributed by atoms with Crippen molar-refractivity contribution in [3.63, 3.8) is 0 Å². The molecule has 2 aliphatic rings. The molecule has 0 saturated heterocycles. The second-order valence-corrected chi connectivity index (χ2v) is 7.63. The van der Waals surface area contributed by atoms with Crippen LogP contribution in [0.25, 0.3) is 0 Å². The van der Waals surface area contributed by atoms with E-state index in [4.69, 9.17) is 0 Å². The van der Waals surface area contributed by atoms with Crippen molar-refractivity contribution in [3.05, 3.63) is 107 Å². The molecule has 2 N–H and O–H groups in total. The van der Waals surface area contributed by atoms with Gasteiger partial charge in [0.25, 0.3) is 0 Å². The van der Waals surface area contributed by atoms with Crippen LogP contribution in [0.3, 0.4) is 0 Å². The Hall–Kier alpha value is -3.40. The van der Waals surface area contributed by atoms with E-state index < -0.39 is 0 Å². The Morgan fingerprint density at radius 3 is 2.31 bits per heavy atom. The minimum absolute atomic E-state index is 0.0992. The van der Waals surface area contributed by atoms with Crippen LogP contribution in [0.1, 0.15) is 35.9 Å². The number of hydrogen-bond acceptors (Lipinski definition) is 3. The van der Waals surface area contributed by atoms with Crippen molar-refractivity contribution in [1.82, 2.24) is 0 Å². The standard InChI is InChI=1S/C25H21FN2O/c26-19-10-6-9-17(13-19)25-24-22(27-20-11-4-5-12-21(20)28-25)14-18(15-23(24)29)16-7-2-1-3-8-16/h1-13,18,25,27-28H,14-15H2/t18-,25-/m0/s1. The molecular formula is C25H21FN2O. The van der Waals surface area contributed by atoms with Gasteiger partial charge in [-0.1, -0.05) is 54.6 Å². The maximum absolute atomic E-state index is 14.0. The summed E-state index contributed by atoms with van der Waals surface area (Å²) in [6.07, 6.45) is 1.20. The molecule has 1 heterocycles. The van der Waals surface area contributed by atoms with Crippen molar-refractivity contribution < 1.29 is 9.18 Å². The number of carbonyl (C=O) groups is 1. The first-order chi connectivity index (χ1) is 14.2. The highest BCUT2D eigenvalue weighted by atomic mass is 19.1. The lowest BCUT2D eigenvalue weighted by Gasteiger charge is -2.30. The summed E-state index contributed by atoms with van der Waals surface area (Å²) in [5.74, 6) is -0.0714. The lowest BCUT2D eigenvalue weighted by atomic mass is 9.78. The van der Waals surface area contributed by atoms with Crippen LogP contribution in [0, 0.1) is 5.82 Å². The van der Waals surface area contributed by atoms with E-state index in [-0.39, 0.29) is 23.6 Å². The molecule has 144 valence electrons. The maximum atomic E-state index is 14.0. The summed E-state index contributed by atoms with van der Waals surface area (Å²) in [5.41, 5.74) is 5.38. The number of carbonyl (C=O) groups excluding carboxylic acids is 1. The number of anilines is 2. The lowest BCUT2D eigenvalue weighted by Crippen LogP contribution is -2.26. The first-order valence-electron chi connectivity index (χ1n) is 9.88. The first-order valence-corrected chi connectivity index (χ1v) is 9.88. The van der Waals surface area contributed by atoms with Gasteiger partial charge in [0.05, 0.1) is 17.4 Å². The maximum Gasteiger partial charge on any atom is 0.163 e. The summed E-state index contributed by atoms with van der Waals surface area (Å²) in [4.78, 5) is 13.4. The number of rotatable bonds is 2. The molecule has 0 unspecified atom stereocenters. The summed E-state index contributed by atoms with van der Waals surface area (Å²) < 4.78 is 14.0. The normalized spacial score (nSPS) is 20.8. The molecule has 3 nitrogen and oxygen atoms in total. The summed E-state index contributed by atoms with van der Waals surface area (Å²) >= 11 is 0. The zero-order valence-electron chi connectivity index (χ0n) is 15.9. The van der Waals surface area contributed by atoms with Crippen molar-refractivity contribution in [1.29, 1.82) is 0 Å². The van der Waals surface area contributed by atoms with Crippen LogP contribution in [-0.2, 0) is 4.79 Å². The Balaban J connectivity index is 1.63. The molecule has 0 radical (unpaired) electrons. The fourth-order valence-electron chi connectivity index (χ4n) is 4.39. The summed E-state index contributed by atoms with van der Waals surface area (Å²) in [6, 6.07) is 24.2. The molecule has 3 aromatic carbocycles. The largest absolute Gasteiger partial charge is 0.372 e. The minimum Gasteiger partial charge on any atom is -0.372 e. The van der Waals surface area contributed by atoms with Gasteiger partial charge in [-0.3, -0.25) is 4.79 Å². The van der Waals surface area contributed by atoms with Crippen LogP contribution < -0.4 is 10.6 Å². The van der Waals surface area contributed by atoms with Gasteiger partial charge in [-0.05, 0) is 47.7 Å². The zero-order valence-corrected chi connectivity index (χ0v) is 15.9. The van der Waals surface area contributed by atoms with Crippen LogP contribution in [-0.4, -0.2) is 5.78 Å². The molecule has 0 aromatic heterocycles. The highest BCUT2D eigenvalue weighted by molar-refractivity contribution is 6.01. The van der Waals surface area contributed by atoms with Crippen LogP contribution >= 0.6 is 0 Å². The molecule has 29 heavy (non-hydrogen) atoms. The molecule has 0 bridgehead atoms. The lowest BCUT2D eigenvalue weighted by molar-refractivity contribution is -0.116. The number of hydrogen-bond donors (Lipinski definition) is 2. The third-order valence-electron chi connectivity index (χ3n) is 5.76. The van der Waals surface area contributed by atoms with Crippen LogP contribution in [0.2, 0.25) is 0 Å². The molecule has 1 aliphatic heterocycles. The average Bonchev–Trinajstić information content (AvgIpc) is 2.91. The van der Waals surface area contributed by atoms with E-state index in [0.717, 1.165) is 29.1 Å². The fourth-order valence-corrected chi connectivity index (χ4v) is 4.39. The Morgan fingerprint density at radius 2 is 1.52 bits per heavy atom. The van der Waals surface area contributed by atoms with E-state index >= 15 is 0 Å². The van der Waals surface area contributed by atoms with Crippen LogP contribution in [0.4, 0.5) is 15.8 Å². The second kappa shape index (κ2) is 7.21. The van der Waals surface area contributed by atoms with Crippen molar-refractivity contribution >= 4 is 17.2 Å². The summed E-state index contributed by atoms with van der Waals surface area (Å²) in [7, 11) is 0. The molecule has 0 saturated carbocycles. The number of benzene rings is 3. The number of para-hydroxylation sites is 2. The van der Waals surface area contributed by atoms with Gasteiger partial charge in [-0.2, -0.15) is 0 Å². The average molecular weight is 384 g/mol. The first kappa shape index (κ1) is 17.7. The molecule has 4 heteroatoms. The zero-order chi connectivity index (χ0) is 19.8. The van der Waals surface area contributed by atoms with Crippen molar-refractivity contribution in [3.8, 4) is 0 Å². The van der Waals surface area contributed by atoms with Crippen molar-refractivity contribution in [2.45, 2.75) is 24.8 Å². The number of ketones is 1. The van der Waals surface area contributed by atoms with Gasteiger partial charge in [0.15, 0.2) is 5.78 Å². The SMILES string of the molecule is O=C1C[C@@H](c2ccccc2)CC2=C1[C@H](c1cccc(F)c1)Nc1ccccc1N2. The van der Waals surface area contributed by atoms with E-state index in [2.05, 4.69) is 22.8 Å². The third-order valence-corrected chi connectivity index (χ3v) is 5.76. The fraction of sp³-hybridized carbons (Fsp3) is 0.160. The van der Waals surface area contributed by atoms with E-state index in [0.29, 0.717) is 12.0 Å². The van der Waals surface area contributed by atoms with Crippen LogP contribution in [0.5, 0.6) is 0 Å². The van der Waals surface area contributed by atoms with E-state index in [9.17, 15) is 9.18 Å². The summed E-state index contributed by atoms with van der Waals surface area (Å²) in [5, 5.41) is 6.99. The van der Waals surface area contributed by atoms with E-state index in [1.54, 1.807) is 6.07 Å². The number of fused-ring (bicyclic) bond motifs is 1. The molecule has 0 spiro atoms. The van der Waals surface area contributed by atoms with Gasteiger partial charge >= 0.3 is 0 Å². The molecule has 0 amide bonds. The Labute approximate surface area is 169 Å². The predicted molar refractivity (Wildman–Crippen MR) is 113 cm³/mol. The van der Waals surface area contributed by atoms with Gasteiger partial charge < -0.3 is 10.6 Å². The van der Waals surface area contributed by atoms with Gasteiger partial charge in [0.1, 0.15) is 5.82 Å². The molecular weight excluding hydrogens is 363 g/mol. The Morgan fingerprint density at radius 1 is 0.793 bits per heavy atom. The monoisotopic (exact) mass is 384 g/mol. The quantitative estimate of drug-likeness (QED) is 0.586. The predicted octanol–water partition coefficient (Wildman–Crippen LogP) is 5.81. The van der Waals surface area contributed by atoms with Crippen molar-refractivity contribution in [2.24, 2.45) is 0 Å². The molecule has 3 aromatic rings. The van der Waals surface area contributed by atoms with Gasteiger partial charge in [0.2, 0.25) is 0 Å². The van der Waals surface area contributed by atoms with E-state index in [1.807, 2.05) is 48.5 Å². The summed E-state index contributed by atoms with van der Waals surface area (Å²) in [6.45, 7) is 0. The van der Waals surface area contributed by atoms with Crippen molar-refractivity contribution in [2.75, 3.05) is 10.6 Å². The van der Waals surface area contributed by atoms with E-state index in [1.165, 1.54) is 17.7 Å². The number of nitrogens with one attached hydrogen (secondary N) is 2. The smallest absolute Gasteiger partial charge is 0.163 e. The Kier molecular flexibility index (Phi) is 4.39. The second-order valence-electron chi connectivity index (χ2n) is 7.63. The molecule has 2 atom stereocenters. The van der Waals surface area contributed by atoms with Gasteiger partial charge in [-0.15, -0.1) is 0 Å². The number of allylic oxidation sites excluding steroid dienone is 1. The van der Waals surface area contributed by atoms with Crippen LogP contribution in [0.15, 0.2) is 90.1 Å². The topological polar surface area (TPSA) is 41.1 Å². The number of halogens is 1. The minimum atomic E-state index is -0.388.